The van der Waals surface area contributed by atoms with Gasteiger partial charge in [-0.3, -0.25) is 9.59 Å². The number of para-hydroxylation sites is 1. The maximum atomic E-state index is 11.8. The standard InChI is InChI=1S/C19H25N3O2/c1-14-8-10-16(11-9-14)15(2)21-22-19(24)13-12-18(23)20-17-6-4-3-5-7-17/h3-8,16H,9-13H2,1-2H3,(H,20,23)(H,22,24)/b21-15+/t16-/m0/s1. The number of nitrogens with one attached hydrogen (secondary N) is 2. The van der Waals surface area contributed by atoms with E-state index in [0.29, 0.717) is 5.92 Å². The van der Waals surface area contributed by atoms with Gasteiger partial charge in [-0.15, -0.1) is 0 Å². The van der Waals surface area contributed by atoms with Gasteiger partial charge < -0.3 is 5.32 Å². The number of allylic oxidation sites excluding steroid dienone is 2. The number of nitrogens with zero attached hydrogens (tertiary/aromatic N) is 1. The van der Waals surface area contributed by atoms with E-state index in [-0.39, 0.29) is 24.7 Å². The molecule has 5 heteroatoms. The Hall–Kier alpha value is -2.43. The van der Waals surface area contributed by atoms with Gasteiger partial charge in [0.25, 0.3) is 0 Å². The molecule has 0 fully saturated rings. The fraction of sp³-hybridized carbons (Fsp3) is 0.421. The number of rotatable bonds is 6. The summed E-state index contributed by atoms with van der Waals surface area (Å²) in [6.45, 7) is 4.09. The van der Waals surface area contributed by atoms with E-state index in [4.69, 9.17) is 0 Å². The van der Waals surface area contributed by atoms with Gasteiger partial charge in [0.05, 0.1) is 0 Å². The van der Waals surface area contributed by atoms with E-state index in [2.05, 4.69) is 28.8 Å². The maximum absolute atomic E-state index is 11.8. The molecule has 0 spiro atoms. The molecule has 0 radical (unpaired) electrons. The van der Waals surface area contributed by atoms with Crippen LogP contribution in [0.15, 0.2) is 47.1 Å². The highest BCUT2D eigenvalue weighted by molar-refractivity contribution is 5.93. The quantitative estimate of drug-likeness (QED) is 0.476. The molecule has 24 heavy (non-hydrogen) atoms. The molecule has 0 saturated carbocycles. The molecule has 0 aromatic heterocycles. The van der Waals surface area contributed by atoms with Crippen molar-refractivity contribution in [3.05, 3.63) is 42.0 Å². The monoisotopic (exact) mass is 327 g/mol. The minimum Gasteiger partial charge on any atom is -0.326 e. The fourth-order valence-electron chi connectivity index (χ4n) is 2.61. The molecule has 5 nitrogen and oxygen atoms in total. The van der Waals surface area contributed by atoms with Crippen LogP contribution in [0.5, 0.6) is 0 Å². The molecular weight excluding hydrogens is 302 g/mol. The molecule has 2 N–H and O–H groups in total. The van der Waals surface area contributed by atoms with Crippen molar-refractivity contribution < 1.29 is 9.59 Å². The lowest BCUT2D eigenvalue weighted by atomic mass is 9.87. The van der Waals surface area contributed by atoms with Crippen molar-refractivity contribution in [3.63, 3.8) is 0 Å². The van der Waals surface area contributed by atoms with Crippen LogP contribution in [0.3, 0.4) is 0 Å². The van der Waals surface area contributed by atoms with Gasteiger partial charge in [-0.05, 0) is 45.2 Å². The first-order chi connectivity index (χ1) is 11.5. The zero-order valence-corrected chi connectivity index (χ0v) is 14.3. The molecular formula is C19H25N3O2. The number of carbonyl (C=O) groups excluding carboxylic acids is 2. The van der Waals surface area contributed by atoms with Crippen LogP contribution in [0.1, 0.15) is 46.0 Å². The molecule has 0 heterocycles. The lowest BCUT2D eigenvalue weighted by molar-refractivity contribution is -0.124. The zero-order chi connectivity index (χ0) is 17.4. The summed E-state index contributed by atoms with van der Waals surface area (Å²) in [5.41, 5.74) is 5.66. The first-order valence-corrected chi connectivity index (χ1v) is 8.38. The molecule has 1 aliphatic rings. The predicted octanol–water partition coefficient (Wildman–Crippen LogP) is 3.64. The SMILES string of the molecule is CC1=CC[C@H](/C(C)=N/NC(=O)CCC(=O)Nc2ccccc2)CC1. The summed E-state index contributed by atoms with van der Waals surface area (Å²) in [5, 5.41) is 6.95. The van der Waals surface area contributed by atoms with Crippen LogP contribution in [0.2, 0.25) is 0 Å². The second-order valence-corrected chi connectivity index (χ2v) is 6.22. The summed E-state index contributed by atoms with van der Waals surface area (Å²) >= 11 is 0. The van der Waals surface area contributed by atoms with Crippen LogP contribution in [0.4, 0.5) is 5.69 Å². The minimum absolute atomic E-state index is 0.124. The van der Waals surface area contributed by atoms with Crippen molar-refractivity contribution >= 4 is 23.2 Å². The lowest BCUT2D eigenvalue weighted by Gasteiger charge is -2.19. The van der Waals surface area contributed by atoms with Crippen LogP contribution in [-0.2, 0) is 9.59 Å². The van der Waals surface area contributed by atoms with Crippen molar-refractivity contribution in [2.75, 3.05) is 5.32 Å². The first-order valence-electron chi connectivity index (χ1n) is 8.38. The average molecular weight is 327 g/mol. The Morgan fingerprint density at radius 1 is 1.17 bits per heavy atom. The molecule has 0 bridgehead atoms. The molecule has 1 aromatic rings. The number of carbonyl (C=O) groups is 2. The summed E-state index contributed by atoms with van der Waals surface area (Å²) in [4.78, 5) is 23.6. The highest BCUT2D eigenvalue weighted by atomic mass is 16.2. The first kappa shape index (κ1) is 17.9. The van der Waals surface area contributed by atoms with Crippen LogP contribution in [0, 0.1) is 5.92 Å². The number of hydrogen-bond donors (Lipinski definition) is 2. The van der Waals surface area contributed by atoms with Gasteiger partial charge >= 0.3 is 0 Å². The average Bonchev–Trinajstić information content (AvgIpc) is 2.59. The Morgan fingerprint density at radius 2 is 1.88 bits per heavy atom. The zero-order valence-electron chi connectivity index (χ0n) is 14.3. The highest BCUT2D eigenvalue weighted by Gasteiger charge is 2.15. The molecule has 0 saturated heterocycles. The van der Waals surface area contributed by atoms with Crippen LogP contribution >= 0.6 is 0 Å². The summed E-state index contributed by atoms with van der Waals surface area (Å²) < 4.78 is 0. The fourth-order valence-corrected chi connectivity index (χ4v) is 2.61. The summed E-state index contributed by atoms with van der Waals surface area (Å²) in [6, 6.07) is 9.20. The number of hydrogen-bond acceptors (Lipinski definition) is 3. The third kappa shape index (κ3) is 5.99. The van der Waals surface area contributed by atoms with E-state index in [1.807, 2.05) is 37.3 Å². The minimum atomic E-state index is -0.236. The van der Waals surface area contributed by atoms with E-state index in [9.17, 15) is 9.59 Å². The van der Waals surface area contributed by atoms with Crippen molar-refractivity contribution in [1.82, 2.24) is 5.43 Å². The van der Waals surface area contributed by atoms with E-state index in [1.165, 1.54) is 5.57 Å². The van der Waals surface area contributed by atoms with Gasteiger partial charge in [0.15, 0.2) is 0 Å². The summed E-state index contributed by atoms with van der Waals surface area (Å²) in [6.07, 6.45) is 5.65. The van der Waals surface area contributed by atoms with E-state index < -0.39 is 0 Å². The van der Waals surface area contributed by atoms with Crippen LogP contribution in [-0.4, -0.2) is 17.5 Å². The number of anilines is 1. The molecule has 0 unspecified atom stereocenters. The van der Waals surface area contributed by atoms with Crippen LogP contribution in [0.25, 0.3) is 0 Å². The second-order valence-electron chi connectivity index (χ2n) is 6.22. The Bertz CT molecular complexity index is 635. The predicted molar refractivity (Wildman–Crippen MR) is 96.7 cm³/mol. The van der Waals surface area contributed by atoms with Gasteiger partial charge in [-0.25, -0.2) is 5.43 Å². The highest BCUT2D eigenvalue weighted by Crippen LogP contribution is 2.24. The molecule has 2 amide bonds. The molecule has 128 valence electrons. The van der Waals surface area contributed by atoms with E-state index in [1.54, 1.807) is 0 Å². The third-order valence-electron chi connectivity index (χ3n) is 4.22. The van der Waals surface area contributed by atoms with Gasteiger partial charge in [0.2, 0.25) is 11.8 Å². The van der Waals surface area contributed by atoms with E-state index in [0.717, 1.165) is 30.7 Å². The molecule has 1 atom stereocenters. The number of amides is 2. The maximum Gasteiger partial charge on any atom is 0.240 e. The molecule has 1 aromatic carbocycles. The second kappa shape index (κ2) is 9.01. The van der Waals surface area contributed by atoms with Crippen molar-refractivity contribution in [2.24, 2.45) is 11.0 Å². The Morgan fingerprint density at radius 3 is 2.54 bits per heavy atom. The molecule has 0 aliphatic heterocycles. The van der Waals surface area contributed by atoms with Crippen LogP contribution < -0.4 is 10.7 Å². The number of benzene rings is 1. The summed E-state index contributed by atoms with van der Waals surface area (Å²) in [5.74, 6) is -0.0135. The normalized spacial score (nSPS) is 17.8. The van der Waals surface area contributed by atoms with Crippen molar-refractivity contribution in [1.29, 1.82) is 0 Å². The largest absolute Gasteiger partial charge is 0.326 e. The van der Waals surface area contributed by atoms with Gasteiger partial charge in [0, 0.05) is 30.2 Å². The van der Waals surface area contributed by atoms with Gasteiger partial charge in [-0.1, -0.05) is 29.8 Å². The third-order valence-corrected chi connectivity index (χ3v) is 4.22. The molecule has 2 rings (SSSR count). The van der Waals surface area contributed by atoms with Gasteiger partial charge in [0.1, 0.15) is 0 Å². The Labute approximate surface area is 143 Å². The van der Waals surface area contributed by atoms with Gasteiger partial charge in [-0.2, -0.15) is 5.10 Å². The summed E-state index contributed by atoms with van der Waals surface area (Å²) in [7, 11) is 0. The Kier molecular flexibility index (Phi) is 6.73. The Balaban J connectivity index is 1.71. The van der Waals surface area contributed by atoms with Crippen molar-refractivity contribution in [3.8, 4) is 0 Å². The van der Waals surface area contributed by atoms with Crippen molar-refractivity contribution in [2.45, 2.75) is 46.0 Å². The van der Waals surface area contributed by atoms with E-state index >= 15 is 0 Å². The topological polar surface area (TPSA) is 70.6 Å². The smallest absolute Gasteiger partial charge is 0.240 e. The lowest BCUT2D eigenvalue weighted by Crippen LogP contribution is -2.24. The number of hydrazone groups is 1. The molecule has 1 aliphatic carbocycles.